The van der Waals surface area contributed by atoms with Crippen molar-refractivity contribution in [2.24, 2.45) is 5.34 Å². The van der Waals surface area contributed by atoms with Crippen LogP contribution in [0.4, 0.5) is 0 Å². The van der Waals surface area contributed by atoms with Gasteiger partial charge < -0.3 is 6.63 Å². The molecule has 1 N–H and O–H groups in total. The molecular formula is H5ClNNaO2Sn. The molecule has 0 aromatic rings. The van der Waals surface area contributed by atoms with Crippen LogP contribution in [0.5, 0.6) is 0 Å². The number of hydrogen-bond acceptors (Lipinski definition) is 2. The molecule has 0 aliphatic carbocycles. The van der Waals surface area contributed by atoms with Crippen LogP contribution in [0.3, 0.4) is 0 Å². The molecule has 0 heterocycles. The standard InChI is InChI=1S/ClH.HNO2.Na.Sn.3H/c;2-1-3;;;;;/h1H;(H,2,3);;;;;/q;;+1;;;;-1. The van der Waals surface area contributed by atoms with E-state index in [4.69, 9.17) is 10.1 Å². The summed E-state index contributed by atoms with van der Waals surface area (Å²) >= 11 is 0. The van der Waals surface area contributed by atoms with Gasteiger partial charge in [-0.2, -0.15) is 0 Å². The van der Waals surface area contributed by atoms with Crippen LogP contribution in [0.1, 0.15) is 1.43 Å². The van der Waals surface area contributed by atoms with Crippen molar-refractivity contribution in [3.63, 3.8) is 0 Å². The van der Waals surface area contributed by atoms with E-state index in [1.165, 1.54) is 5.34 Å². The van der Waals surface area contributed by atoms with Gasteiger partial charge in [-0.25, -0.2) is 0 Å². The first-order valence-electron chi connectivity index (χ1n) is 0.383. The van der Waals surface area contributed by atoms with E-state index in [2.05, 4.69) is 0 Å². The molecule has 0 saturated heterocycles. The minimum absolute atomic E-state index is 0. The molecule has 0 aromatic heterocycles. The second-order valence-electron chi connectivity index (χ2n) is 0.0816. The van der Waals surface area contributed by atoms with Crippen LogP contribution < -0.4 is 29.6 Å². The fourth-order valence-electron chi connectivity index (χ4n) is 0. The average Bonchev–Trinajstić information content (AvgIpc) is 0.918. The van der Waals surface area contributed by atoms with Crippen molar-refractivity contribution in [2.75, 3.05) is 0 Å². The van der Waals surface area contributed by atoms with Gasteiger partial charge in [-0.1, -0.05) is 0 Å². The summed E-state index contributed by atoms with van der Waals surface area (Å²) in [6.45, 7) is 0. The van der Waals surface area contributed by atoms with E-state index in [0.29, 0.717) is 0 Å². The molecule has 6 heavy (non-hydrogen) atoms. The fourth-order valence-corrected chi connectivity index (χ4v) is 0. The Morgan fingerprint density at radius 3 is 1.67 bits per heavy atom. The van der Waals surface area contributed by atoms with Crippen molar-refractivity contribution in [1.82, 2.24) is 0 Å². The second kappa shape index (κ2) is 31.6. The summed E-state index contributed by atoms with van der Waals surface area (Å²) < 4.78 is 0. The van der Waals surface area contributed by atoms with Crippen LogP contribution in [-0.2, 0) is 0 Å². The van der Waals surface area contributed by atoms with Gasteiger partial charge in [0.2, 0.25) is 0 Å². The molecule has 0 unspecified atom stereocenters. The second-order valence-corrected chi connectivity index (χ2v) is 0.0816. The Hall–Kier alpha value is 1.49. The summed E-state index contributed by atoms with van der Waals surface area (Å²) in [4.78, 5) is 8.11. The van der Waals surface area contributed by atoms with E-state index < -0.39 is 0 Å². The van der Waals surface area contributed by atoms with Gasteiger partial charge in [0.15, 0.2) is 5.34 Å². The molecule has 0 atom stereocenters. The molecule has 0 amide bonds. The van der Waals surface area contributed by atoms with Crippen LogP contribution in [-0.4, -0.2) is 29.1 Å². The third kappa shape index (κ3) is 49.9. The maximum atomic E-state index is 8.11. The molecule has 2 radical (unpaired) electrons. The molecule has 6 heteroatoms. The minimum atomic E-state index is 0. The van der Waals surface area contributed by atoms with Crippen LogP contribution >= 0.6 is 12.4 Å². The van der Waals surface area contributed by atoms with Gasteiger partial charge in [-0.3, -0.25) is 0 Å². The number of hydrogen-bond donors (Lipinski definition) is 1. The molecule has 0 fully saturated rings. The summed E-state index contributed by atoms with van der Waals surface area (Å²) in [7, 11) is 0. The fraction of sp³-hybridized carbons (Fsp3) is 0. The zero-order valence-electron chi connectivity index (χ0n) is 4.42. The average molecular weight is 228 g/mol. The topological polar surface area (TPSA) is 49.7 Å². The monoisotopic (exact) mass is 229 g/mol. The van der Waals surface area contributed by atoms with Crippen LogP contribution in [0.15, 0.2) is 5.34 Å². The Kier molecular flexibility index (Phi) is 136. The predicted octanol–water partition coefficient (Wildman–Crippen LogP) is -3.24. The molecule has 0 aromatic carbocycles. The Bertz CT molecular complexity index is 25.2. The van der Waals surface area contributed by atoms with Crippen molar-refractivity contribution < 1.29 is 36.2 Å². The van der Waals surface area contributed by atoms with Gasteiger partial charge in [0.05, 0.1) is 0 Å². The molecule has 0 aliphatic heterocycles. The molecule has 0 bridgehead atoms. The molecule has 34 valence electrons. The quantitative estimate of drug-likeness (QED) is 0.269. The van der Waals surface area contributed by atoms with E-state index >= 15 is 0 Å². The third-order valence-electron chi connectivity index (χ3n) is 0. The Balaban J connectivity index is -0.00000000333. The van der Waals surface area contributed by atoms with Crippen molar-refractivity contribution in [3.8, 4) is 0 Å². The third-order valence-corrected chi connectivity index (χ3v) is 0. The molecule has 0 spiro atoms. The van der Waals surface area contributed by atoms with Crippen molar-refractivity contribution in [2.45, 2.75) is 0 Å². The molecule has 0 rings (SSSR count). The van der Waals surface area contributed by atoms with Crippen LogP contribution in [0, 0.1) is 4.91 Å². The van der Waals surface area contributed by atoms with E-state index in [0.717, 1.165) is 0 Å². The van der Waals surface area contributed by atoms with Crippen molar-refractivity contribution in [1.29, 1.82) is 0 Å². The molecule has 0 aliphatic rings. The number of halogens is 1. The van der Waals surface area contributed by atoms with E-state index in [-0.39, 0.29) is 67.3 Å². The van der Waals surface area contributed by atoms with Gasteiger partial charge >= 0.3 is 53.5 Å². The van der Waals surface area contributed by atoms with E-state index in [1.54, 1.807) is 0 Å². The van der Waals surface area contributed by atoms with Crippen molar-refractivity contribution in [3.05, 3.63) is 4.91 Å². The van der Waals surface area contributed by atoms with Gasteiger partial charge in [-0.05, 0) is 0 Å². The molecule has 0 saturated carbocycles. The summed E-state index contributed by atoms with van der Waals surface area (Å²) in [6.07, 6.45) is 0. The van der Waals surface area contributed by atoms with Gasteiger partial charge in [-0.15, -0.1) is 17.3 Å². The first kappa shape index (κ1) is 25.9. The first-order chi connectivity index (χ1) is 1.41. The van der Waals surface area contributed by atoms with Gasteiger partial charge in [0.1, 0.15) is 0 Å². The van der Waals surface area contributed by atoms with Crippen LogP contribution in [0.25, 0.3) is 0 Å². The van der Waals surface area contributed by atoms with Crippen LogP contribution in [0.2, 0.25) is 0 Å². The normalized spacial score (nSPS) is 2.00. The zero-order chi connectivity index (χ0) is 2.71. The summed E-state index contributed by atoms with van der Waals surface area (Å²) in [5.41, 5.74) is 0. The SMILES string of the molecule is Cl.O=NO.[H-].[Na+].[SnH2]. The zero-order valence-corrected chi connectivity index (χ0v) is 10.3. The molecule has 3 nitrogen and oxygen atoms in total. The van der Waals surface area contributed by atoms with Crippen molar-refractivity contribution >= 4 is 36.3 Å². The number of nitrogens with zero attached hydrogens (tertiary/aromatic N) is 1. The Labute approximate surface area is 81.9 Å². The Morgan fingerprint density at radius 1 is 1.67 bits per heavy atom. The Morgan fingerprint density at radius 2 is 1.67 bits per heavy atom. The van der Waals surface area contributed by atoms with Gasteiger partial charge in [0, 0.05) is 0 Å². The van der Waals surface area contributed by atoms with E-state index in [1.807, 2.05) is 0 Å². The summed E-state index contributed by atoms with van der Waals surface area (Å²) in [5, 5.41) is 7.89. The summed E-state index contributed by atoms with van der Waals surface area (Å²) in [6, 6.07) is 0. The van der Waals surface area contributed by atoms with Gasteiger partial charge in [0.25, 0.3) is 0 Å². The summed E-state index contributed by atoms with van der Waals surface area (Å²) in [5.74, 6) is 0. The number of rotatable bonds is 0. The predicted molar refractivity (Wildman–Crippen MR) is 24.5 cm³/mol. The molecular weight excluding hydrogens is 223 g/mol. The first-order valence-corrected chi connectivity index (χ1v) is 0.383. The van der Waals surface area contributed by atoms with E-state index in [9.17, 15) is 0 Å². The maximum absolute atomic E-state index is 8.11.